The minimum Gasteiger partial charge on any atom is -0.493 e. The van der Waals surface area contributed by atoms with Crippen molar-refractivity contribution < 1.29 is 22.5 Å². The highest BCUT2D eigenvalue weighted by Gasteiger charge is 2.16. The first kappa shape index (κ1) is 20.6. The molecule has 0 amide bonds. The third kappa shape index (κ3) is 5.40. The molecule has 144 valence electrons. The van der Waals surface area contributed by atoms with Gasteiger partial charge in [-0.1, -0.05) is 12.1 Å². The third-order valence-electron chi connectivity index (χ3n) is 3.69. The fourth-order valence-corrected chi connectivity index (χ4v) is 3.60. The standard InChI is InChI=1S/C17H19N3O2S.CF2O/c1-4-22-16-11(2)9-18-15(12(16)3)10-23(21)17-19-13-7-5-6-8-14(13)20-17;2-1(3)4/h5-9H,4,10H2,1-3H3,(H,19,20);. The highest BCUT2D eigenvalue weighted by Crippen LogP contribution is 2.26. The van der Waals surface area contributed by atoms with Gasteiger partial charge in [-0.15, -0.1) is 8.78 Å². The van der Waals surface area contributed by atoms with Gasteiger partial charge in [0.25, 0.3) is 0 Å². The van der Waals surface area contributed by atoms with Crippen molar-refractivity contribution in [2.45, 2.75) is 31.7 Å². The van der Waals surface area contributed by atoms with Crippen molar-refractivity contribution in [2.24, 2.45) is 0 Å². The van der Waals surface area contributed by atoms with Crippen molar-refractivity contribution in [2.75, 3.05) is 6.61 Å². The maximum absolute atomic E-state index is 12.6. The summed E-state index contributed by atoms with van der Waals surface area (Å²) in [4.78, 5) is 20.1. The largest absolute Gasteiger partial charge is 0.493 e. The summed E-state index contributed by atoms with van der Waals surface area (Å²) < 4.78 is 37.7. The first-order valence-corrected chi connectivity index (χ1v) is 9.41. The Morgan fingerprint density at radius 3 is 2.56 bits per heavy atom. The lowest BCUT2D eigenvalue weighted by Crippen LogP contribution is -2.06. The molecule has 27 heavy (non-hydrogen) atoms. The predicted molar refractivity (Wildman–Crippen MR) is 98.7 cm³/mol. The molecule has 2 aromatic heterocycles. The maximum Gasteiger partial charge on any atom is 0.483 e. The number of nitrogens with zero attached hydrogens (tertiary/aromatic N) is 2. The van der Waals surface area contributed by atoms with Gasteiger partial charge in [-0.2, -0.15) is 0 Å². The second-order valence-electron chi connectivity index (χ2n) is 5.55. The predicted octanol–water partition coefficient (Wildman–Crippen LogP) is 4.33. The van der Waals surface area contributed by atoms with E-state index >= 15 is 0 Å². The summed E-state index contributed by atoms with van der Waals surface area (Å²) in [6, 6.07) is 7.66. The zero-order valence-electron chi connectivity index (χ0n) is 15.1. The number of nitrogens with one attached hydrogen (secondary N) is 1. The van der Waals surface area contributed by atoms with Crippen LogP contribution in [0.4, 0.5) is 13.6 Å². The normalized spacial score (nSPS) is 11.6. The third-order valence-corrected chi connectivity index (χ3v) is 4.85. The number of pyridine rings is 1. The molecule has 0 radical (unpaired) electrons. The molecule has 1 unspecified atom stereocenters. The second-order valence-corrected chi connectivity index (χ2v) is 6.92. The number of aromatic amines is 1. The summed E-state index contributed by atoms with van der Waals surface area (Å²) in [5.74, 6) is 1.14. The maximum atomic E-state index is 12.6. The summed E-state index contributed by atoms with van der Waals surface area (Å²) >= 11 is 0. The van der Waals surface area contributed by atoms with E-state index in [1.807, 2.05) is 45.0 Å². The molecule has 0 aliphatic heterocycles. The van der Waals surface area contributed by atoms with Gasteiger partial charge in [0.15, 0.2) is 5.16 Å². The fraction of sp³-hybridized carbons (Fsp3) is 0.278. The molecule has 1 aromatic carbocycles. The number of ether oxygens (including phenoxy) is 1. The number of hydrogen-bond donors (Lipinski definition) is 1. The highest BCUT2D eigenvalue weighted by atomic mass is 32.2. The van der Waals surface area contributed by atoms with Gasteiger partial charge >= 0.3 is 6.29 Å². The van der Waals surface area contributed by atoms with Crippen molar-refractivity contribution in [3.05, 3.63) is 47.3 Å². The fourth-order valence-electron chi connectivity index (χ4n) is 2.50. The molecule has 0 fully saturated rings. The Hall–Kier alpha value is -2.68. The zero-order valence-corrected chi connectivity index (χ0v) is 15.9. The van der Waals surface area contributed by atoms with E-state index in [2.05, 4.69) is 15.0 Å². The quantitative estimate of drug-likeness (QED) is 0.650. The smallest absolute Gasteiger partial charge is 0.483 e. The molecular weight excluding hydrogens is 376 g/mol. The topological polar surface area (TPSA) is 84.9 Å². The molecular formula is C18H19F2N3O3S. The van der Waals surface area contributed by atoms with Crippen LogP contribution in [0.25, 0.3) is 11.0 Å². The van der Waals surface area contributed by atoms with Crippen molar-refractivity contribution in [3.63, 3.8) is 0 Å². The van der Waals surface area contributed by atoms with Gasteiger partial charge in [-0.25, -0.2) is 9.78 Å². The molecule has 9 heteroatoms. The summed E-state index contributed by atoms with van der Waals surface area (Å²) in [6.45, 7) is 6.46. The van der Waals surface area contributed by atoms with Crippen LogP contribution in [0.2, 0.25) is 0 Å². The van der Waals surface area contributed by atoms with Crippen LogP contribution in [0.3, 0.4) is 0 Å². The van der Waals surface area contributed by atoms with Crippen LogP contribution >= 0.6 is 0 Å². The van der Waals surface area contributed by atoms with Crippen LogP contribution in [0.1, 0.15) is 23.7 Å². The lowest BCUT2D eigenvalue weighted by molar-refractivity contribution is 0.199. The summed E-state index contributed by atoms with van der Waals surface area (Å²) in [6.07, 6.45) is -1.07. The molecule has 0 saturated heterocycles. The molecule has 0 saturated carbocycles. The minimum absolute atomic E-state index is 0.312. The van der Waals surface area contributed by atoms with Crippen molar-refractivity contribution in [1.82, 2.24) is 15.0 Å². The lowest BCUT2D eigenvalue weighted by Gasteiger charge is -2.13. The summed E-state index contributed by atoms with van der Waals surface area (Å²) in [7, 11) is -1.28. The molecule has 0 bridgehead atoms. The molecule has 2 heterocycles. The monoisotopic (exact) mass is 395 g/mol. The van der Waals surface area contributed by atoms with Crippen LogP contribution in [-0.2, 0) is 16.6 Å². The number of fused-ring (bicyclic) bond motifs is 1. The average molecular weight is 395 g/mol. The lowest BCUT2D eigenvalue weighted by atomic mass is 10.1. The first-order valence-electron chi connectivity index (χ1n) is 8.09. The van der Waals surface area contributed by atoms with Crippen LogP contribution in [-0.4, -0.2) is 32.1 Å². The summed E-state index contributed by atoms with van der Waals surface area (Å²) in [5.41, 5.74) is 4.41. The van der Waals surface area contributed by atoms with Crippen LogP contribution in [0, 0.1) is 13.8 Å². The van der Waals surface area contributed by atoms with Gasteiger partial charge in [0, 0.05) is 17.3 Å². The van der Waals surface area contributed by atoms with Gasteiger partial charge in [-0.3, -0.25) is 9.19 Å². The molecule has 3 aromatic rings. The van der Waals surface area contributed by atoms with E-state index in [0.717, 1.165) is 33.6 Å². The Morgan fingerprint density at radius 1 is 1.26 bits per heavy atom. The van der Waals surface area contributed by atoms with Crippen molar-refractivity contribution >= 4 is 28.1 Å². The number of carbonyl (C=O) groups excluding carboxylic acids is 1. The van der Waals surface area contributed by atoms with E-state index < -0.39 is 17.1 Å². The molecule has 1 N–H and O–H groups in total. The van der Waals surface area contributed by atoms with Crippen LogP contribution in [0.15, 0.2) is 35.6 Å². The number of halogens is 2. The molecule has 0 spiro atoms. The Balaban J connectivity index is 0.000000596. The molecule has 6 nitrogen and oxygen atoms in total. The number of benzene rings is 1. The Morgan fingerprint density at radius 2 is 1.93 bits per heavy atom. The SMILES string of the molecule is CCOc1c(C)cnc(CS(=O)c2nc3ccccc3[nH]2)c1C.O=C(F)F. The molecule has 3 rings (SSSR count). The van der Waals surface area contributed by atoms with Gasteiger partial charge in [-0.05, 0) is 32.9 Å². The van der Waals surface area contributed by atoms with Crippen molar-refractivity contribution in [3.8, 4) is 5.75 Å². The minimum atomic E-state index is -2.83. The van der Waals surface area contributed by atoms with Crippen molar-refractivity contribution in [1.29, 1.82) is 0 Å². The van der Waals surface area contributed by atoms with E-state index in [0.29, 0.717) is 17.5 Å². The van der Waals surface area contributed by atoms with Gasteiger partial charge in [0.05, 0.1) is 39.9 Å². The van der Waals surface area contributed by atoms with Gasteiger partial charge in [0.2, 0.25) is 0 Å². The van der Waals surface area contributed by atoms with E-state index in [-0.39, 0.29) is 0 Å². The Bertz CT molecular complexity index is 939. The van der Waals surface area contributed by atoms with Gasteiger partial charge in [0.1, 0.15) is 5.75 Å². The number of carbonyl (C=O) groups is 1. The summed E-state index contributed by atoms with van der Waals surface area (Å²) in [5, 5.41) is 0.478. The van der Waals surface area contributed by atoms with E-state index in [9.17, 15) is 13.0 Å². The number of aromatic nitrogens is 3. The Kier molecular flexibility index (Phi) is 7.12. The molecule has 1 atom stereocenters. The van der Waals surface area contributed by atoms with E-state index in [1.165, 1.54) is 0 Å². The van der Waals surface area contributed by atoms with Crippen LogP contribution in [0.5, 0.6) is 5.75 Å². The molecule has 0 aliphatic carbocycles. The van der Waals surface area contributed by atoms with E-state index in [1.54, 1.807) is 6.20 Å². The number of para-hydroxylation sites is 2. The first-order chi connectivity index (χ1) is 12.8. The van der Waals surface area contributed by atoms with E-state index in [4.69, 9.17) is 9.53 Å². The highest BCUT2D eigenvalue weighted by molar-refractivity contribution is 7.84. The number of rotatable bonds is 5. The van der Waals surface area contributed by atoms with Crippen LogP contribution < -0.4 is 4.74 Å². The number of imidazole rings is 1. The number of hydrogen-bond acceptors (Lipinski definition) is 5. The molecule has 0 aliphatic rings. The second kappa shape index (κ2) is 9.31. The number of aryl methyl sites for hydroxylation is 1. The Labute approximate surface area is 157 Å². The van der Waals surface area contributed by atoms with Gasteiger partial charge < -0.3 is 9.72 Å². The number of H-pyrrole nitrogens is 1. The zero-order chi connectivity index (χ0) is 20.0. The average Bonchev–Trinajstić information content (AvgIpc) is 3.05.